The average Bonchev–Trinajstić information content (AvgIpc) is 2.44. The summed E-state index contributed by atoms with van der Waals surface area (Å²) in [5.74, 6) is 0. The highest BCUT2D eigenvalue weighted by molar-refractivity contribution is 5.92. The summed E-state index contributed by atoms with van der Waals surface area (Å²) in [5, 5.41) is 1.06. The number of benzene rings is 1. The molecule has 0 saturated carbocycles. The molecule has 0 spiro atoms. The molecule has 1 aliphatic rings. The number of rotatable bonds is 1. The van der Waals surface area contributed by atoms with Gasteiger partial charge in [0.1, 0.15) is 5.58 Å². The maximum atomic E-state index is 11.8. The summed E-state index contributed by atoms with van der Waals surface area (Å²) >= 11 is 0. The van der Waals surface area contributed by atoms with E-state index in [4.69, 9.17) is 4.42 Å². The predicted octanol–water partition coefficient (Wildman–Crippen LogP) is 3.40. The maximum Gasteiger partial charge on any atom is 0.338 e. The van der Waals surface area contributed by atoms with Gasteiger partial charge in [0.25, 0.3) is 0 Å². The van der Waals surface area contributed by atoms with Gasteiger partial charge < -0.3 is 9.32 Å². The normalized spacial score (nSPS) is 16.0. The van der Waals surface area contributed by atoms with E-state index in [1.54, 1.807) is 6.07 Å². The molecule has 100 valence electrons. The Labute approximate surface area is 112 Å². The molecular weight excluding hydrogens is 238 g/mol. The van der Waals surface area contributed by atoms with Gasteiger partial charge in [0.15, 0.2) is 0 Å². The van der Waals surface area contributed by atoms with Crippen molar-refractivity contribution in [2.75, 3.05) is 18.0 Å². The molecule has 0 amide bonds. The Morgan fingerprint density at radius 3 is 2.58 bits per heavy atom. The molecule has 2 aromatic rings. The summed E-state index contributed by atoms with van der Waals surface area (Å²) in [6.07, 6.45) is 3.69. The quantitative estimate of drug-likeness (QED) is 0.734. The molecule has 1 aromatic heterocycles. The van der Waals surface area contributed by atoms with Crippen LogP contribution in [0.1, 0.15) is 30.4 Å². The zero-order chi connectivity index (χ0) is 13.4. The molecule has 0 unspecified atom stereocenters. The lowest BCUT2D eigenvalue weighted by atomic mass is 10.0. The Hall–Kier alpha value is -1.77. The van der Waals surface area contributed by atoms with Gasteiger partial charge in [0, 0.05) is 24.5 Å². The summed E-state index contributed by atoms with van der Waals surface area (Å²) < 4.78 is 5.42. The molecule has 3 rings (SSSR count). The van der Waals surface area contributed by atoms with Crippen LogP contribution in [0, 0.1) is 13.8 Å². The van der Waals surface area contributed by atoms with E-state index in [0.717, 1.165) is 40.9 Å². The van der Waals surface area contributed by atoms with Crippen molar-refractivity contribution in [1.29, 1.82) is 0 Å². The Morgan fingerprint density at radius 1 is 1.11 bits per heavy atom. The largest absolute Gasteiger partial charge is 0.422 e. The number of nitrogens with zero attached hydrogens (tertiary/aromatic N) is 1. The Balaban J connectivity index is 2.23. The third-order valence-corrected chi connectivity index (χ3v) is 4.11. The van der Waals surface area contributed by atoms with E-state index in [1.165, 1.54) is 19.3 Å². The fourth-order valence-corrected chi connectivity index (χ4v) is 2.84. The first-order chi connectivity index (χ1) is 9.16. The van der Waals surface area contributed by atoms with Gasteiger partial charge in [-0.15, -0.1) is 0 Å². The highest BCUT2D eigenvalue weighted by atomic mass is 16.4. The van der Waals surface area contributed by atoms with Gasteiger partial charge in [-0.2, -0.15) is 0 Å². The van der Waals surface area contributed by atoms with Crippen molar-refractivity contribution in [3.05, 3.63) is 39.7 Å². The maximum absolute atomic E-state index is 11.8. The third kappa shape index (κ3) is 2.14. The molecule has 1 saturated heterocycles. The minimum absolute atomic E-state index is 0.248. The zero-order valence-electron chi connectivity index (χ0n) is 11.5. The fraction of sp³-hybridized carbons (Fsp3) is 0.438. The monoisotopic (exact) mass is 257 g/mol. The first kappa shape index (κ1) is 12.3. The summed E-state index contributed by atoms with van der Waals surface area (Å²) in [4.78, 5) is 14.1. The summed E-state index contributed by atoms with van der Waals surface area (Å²) in [6, 6.07) is 5.82. The number of aryl methyl sites for hydroxylation is 2. The molecule has 1 aromatic carbocycles. The second kappa shape index (κ2) is 4.72. The lowest BCUT2D eigenvalue weighted by Gasteiger charge is -2.29. The number of anilines is 1. The van der Waals surface area contributed by atoms with Crippen LogP contribution in [-0.2, 0) is 0 Å². The van der Waals surface area contributed by atoms with Crippen molar-refractivity contribution >= 4 is 16.7 Å². The zero-order valence-corrected chi connectivity index (χ0v) is 11.5. The first-order valence-electron chi connectivity index (χ1n) is 6.96. The molecule has 0 radical (unpaired) electrons. The molecule has 0 N–H and O–H groups in total. The second-order valence-electron chi connectivity index (χ2n) is 5.38. The van der Waals surface area contributed by atoms with Crippen molar-refractivity contribution in [2.45, 2.75) is 33.1 Å². The molecule has 1 aliphatic heterocycles. The Kier molecular flexibility index (Phi) is 3.05. The first-order valence-corrected chi connectivity index (χ1v) is 6.96. The van der Waals surface area contributed by atoms with Crippen LogP contribution in [0.5, 0.6) is 0 Å². The SMILES string of the molecule is Cc1ccc2c(N3CCCCC3)cc(=O)oc2c1C. The number of piperidine rings is 1. The summed E-state index contributed by atoms with van der Waals surface area (Å²) in [5.41, 5.74) is 3.75. The third-order valence-electron chi connectivity index (χ3n) is 4.11. The van der Waals surface area contributed by atoms with Gasteiger partial charge in [0.05, 0.1) is 5.69 Å². The van der Waals surface area contributed by atoms with Crippen LogP contribution >= 0.6 is 0 Å². The van der Waals surface area contributed by atoms with E-state index in [-0.39, 0.29) is 5.63 Å². The van der Waals surface area contributed by atoms with Crippen LogP contribution in [0.15, 0.2) is 27.4 Å². The molecule has 3 nitrogen and oxygen atoms in total. The van der Waals surface area contributed by atoms with E-state index in [0.29, 0.717) is 0 Å². The van der Waals surface area contributed by atoms with Crippen molar-refractivity contribution in [1.82, 2.24) is 0 Å². The minimum Gasteiger partial charge on any atom is -0.422 e. The molecule has 2 heterocycles. The Morgan fingerprint density at radius 2 is 1.84 bits per heavy atom. The van der Waals surface area contributed by atoms with Crippen LogP contribution in [0.4, 0.5) is 5.69 Å². The van der Waals surface area contributed by atoms with Crippen molar-refractivity contribution in [3.8, 4) is 0 Å². The summed E-state index contributed by atoms with van der Waals surface area (Å²) in [7, 11) is 0. The predicted molar refractivity (Wildman–Crippen MR) is 78.0 cm³/mol. The highest BCUT2D eigenvalue weighted by Crippen LogP contribution is 2.30. The number of hydrogen-bond donors (Lipinski definition) is 0. The lowest BCUT2D eigenvalue weighted by molar-refractivity contribution is 0.550. The molecule has 0 aliphatic carbocycles. The summed E-state index contributed by atoms with van der Waals surface area (Å²) in [6.45, 7) is 6.12. The van der Waals surface area contributed by atoms with Gasteiger partial charge >= 0.3 is 5.63 Å². The van der Waals surface area contributed by atoms with Crippen LogP contribution < -0.4 is 10.5 Å². The van der Waals surface area contributed by atoms with Crippen molar-refractivity contribution < 1.29 is 4.42 Å². The fourth-order valence-electron chi connectivity index (χ4n) is 2.84. The number of hydrogen-bond acceptors (Lipinski definition) is 3. The second-order valence-corrected chi connectivity index (χ2v) is 5.38. The van der Waals surface area contributed by atoms with E-state index >= 15 is 0 Å². The standard InChI is InChI=1S/C16H19NO2/c1-11-6-7-13-14(17-8-4-3-5-9-17)10-15(18)19-16(13)12(11)2/h6-7,10H,3-5,8-9H2,1-2H3. The molecule has 19 heavy (non-hydrogen) atoms. The molecule has 1 fully saturated rings. The van der Waals surface area contributed by atoms with Gasteiger partial charge in [-0.1, -0.05) is 6.07 Å². The lowest BCUT2D eigenvalue weighted by Crippen LogP contribution is -2.30. The van der Waals surface area contributed by atoms with Gasteiger partial charge in [-0.3, -0.25) is 0 Å². The smallest absolute Gasteiger partial charge is 0.338 e. The minimum atomic E-state index is -0.248. The van der Waals surface area contributed by atoms with Gasteiger partial charge in [-0.25, -0.2) is 4.79 Å². The van der Waals surface area contributed by atoms with Crippen LogP contribution in [0.2, 0.25) is 0 Å². The topological polar surface area (TPSA) is 33.5 Å². The van der Waals surface area contributed by atoms with Crippen LogP contribution in [0.3, 0.4) is 0 Å². The highest BCUT2D eigenvalue weighted by Gasteiger charge is 2.16. The molecule has 0 atom stereocenters. The van der Waals surface area contributed by atoms with Gasteiger partial charge in [-0.05, 0) is 50.3 Å². The van der Waals surface area contributed by atoms with E-state index in [9.17, 15) is 4.79 Å². The van der Waals surface area contributed by atoms with Crippen LogP contribution in [0.25, 0.3) is 11.0 Å². The van der Waals surface area contributed by atoms with Crippen molar-refractivity contribution in [2.24, 2.45) is 0 Å². The van der Waals surface area contributed by atoms with Gasteiger partial charge in [0.2, 0.25) is 0 Å². The Bertz CT molecular complexity index is 666. The van der Waals surface area contributed by atoms with Crippen molar-refractivity contribution in [3.63, 3.8) is 0 Å². The average molecular weight is 257 g/mol. The van der Waals surface area contributed by atoms with E-state index < -0.39 is 0 Å². The van der Waals surface area contributed by atoms with E-state index in [2.05, 4.69) is 17.0 Å². The number of fused-ring (bicyclic) bond motifs is 1. The molecule has 3 heteroatoms. The van der Waals surface area contributed by atoms with Crippen LogP contribution in [-0.4, -0.2) is 13.1 Å². The van der Waals surface area contributed by atoms with E-state index in [1.807, 2.05) is 13.8 Å². The molecule has 0 bridgehead atoms. The molecular formula is C16H19NO2.